The smallest absolute Gasteiger partial charge is 0.255 e. The predicted molar refractivity (Wildman–Crippen MR) is 113 cm³/mol. The predicted octanol–water partition coefficient (Wildman–Crippen LogP) is 5.57. The van der Waals surface area contributed by atoms with Crippen LogP contribution in [0.1, 0.15) is 65.3 Å². The van der Waals surface area contributed by atoms with Crippen LogP contribution in [-0.2, 0) is 6.54 Å². The van der Waals surface area contributed by atoms with Crippen molar-refractivity contribution >= 4 is 40.4 Å². The monoisotopic (exact) mass is 434 g/mol. The number of thiazole rings is 1. The SMILES string of the molecule is CC(C)c1nc(CNC(=O)c2cnn(-c3ccc(Cl)cc3Cl)c2C2CC2)cs1. The molecular weight excluding hydrogens is 415 g/mol. The largest absolute Gasteiger partial charge is 0.346 e. The zero-order chi connectivity index (χ0) is 19.8. The highest BCUT2D eigenvalue weighted by Crippen LogP contribution is 2.43. The molecule has 3 aromatic rings. The van der Waals surface area contributed by atoms with Gasteiger partial charge in [0, 0.05) is 22.2 Å². The number of carbonyl (C=O) groups excluding carboxylic acids is 1. The number of aromatic nitrogens is 3. The van der Waals surface area contributed by atoms with Crippen LogP contribution >= 0.6 is 34.5 Å². The summed E-state index contributed by atoms with van der Waals surface area (Å²) in [5.41, 5.74) is 3.10. The molecule has 0 aliphatic heterocycles. The number of nitrogens with zero attached hydrogens (tertiary/aromatic N) is 3. The molecule has 1 aromatic carbocycles. The average Bonchev–Trinajstić information content (AvgIpc) is 3.21. The second-order valence-electron chi connectivity index (χ2n) is 7.24. The molecule has 1 amide bonds. The van der Waals surface area contributed by atoms with Gasteiger partial charge in [-0.15, -0.1) is 11.3 Å². The van der Waals surface area contributed by atoms with Crippen LogP contribution in [-0.4, -0.2) is 20.7 Å². The highest BCUT2D eigenvalue weighted by Gasteiger charge is 2.33. The Hall–Kier alpha value is -1.89. The third-order valence-electron chi connectivity index (χ3n) is 4.65. The van der Waals surface area contributed by atoms with Crippen LogP contribution in [0.25, 0.3) is 5.69 Å². The summed E-state index contributed by atoms with van der Waals surface area (Å²) >= 11 is 14.0. The number of rotatable bonds is 6. The Kier molecular flexibility index (Phi) is 5.45. The van der Waals surface area contributed by atoms with Crippen LogP contribution in [0.3, 0.4) is 0 Å². The van der Waals surface area contributed by atoms with Crippen LogP contribution in [0.2, 0.25) is 10.0 Å². The lowest BCUT2D eigenvalue weighted by Gasteiger charge is -2.11. The van der Waals surface area contributed by atoms with Gasteiger partial charge in [0.05, 0.1) is 45.4 Å². The van der Waals surface area contributed by atoms with Gasteiger partial charge < -0.3 is 5.32 Å². The van der Waals surface area contributed by atoms with Gasteiger partial charge in [0.15, 0.2) is 0 Å². The van der Waals surface area contributed by atoms with Gasteiger partial charge in [-0.2, -0.15) is 5.10 Å². The van der Waals surface area contributed by atoms with E-state index >= 15 is 0 Å². The van der Waals surface area contributed by atoms with Crippen LogP contribution < -0.4 is 5.32 Å². The van der Waals surface area contributed by atoms with E-state index in [-0.39, 0.29) is 5.91 Å². The first kappa shape index (κ1) is 19.4. The maximum atomic E-state index is 12.9. The van der Waals surface area contributed by atoms with Crippen molar-refractivity contribution in [1.82, 2.24) is 20.1 Å². The Morgan fingerprint density at radius 1 is 1.36 bits per heavy atom. The average molecular weight is 435 g/mol. The molecular formula is C20H20Cl2N4OS. The van der Waals surface area contributed by atoms with E-state index in [0.29, 0.717) is 34.0 Å². The number of nitrogens with one attached hydrogen (secondary N) is 1. The first-order valence-electron chi connectivity index (χ1n) is 9.20. The minimum atomic E-state index is -0.141. The maximum absolute atomic E-state index is 12.9. The lowest BCUT2D eigenvalue weighted by atomic mass is 10.1. The Balaban J connectivity index is 1.57. The number of hydrogen-bond donors (Lipinski definition) is 1. The Morgan fingerprint density at radius 3 is 2.79 bits per heavy atom. The molecule has 8 heteroatoms. The molecule has 1 saturated carbocycles. The summed E-state index contributed by atoms with van der Waals surface area (Å²) in [6.45, 7) is 4.62. The number of halogens is 2. The molecule has 1 aliphatic rings. The molecule has 1 N–H and O–H groups in total. The van der Waals surface area contributed by atoms with E-state index in [1.807, 2.05) is 11.4 Å². The summed E-state index contributed by atoms with van der Waals surface area (Å²) in [7, 11) is 0. The van der Waals surface area contributed by atoms with Gasteiger partial charge in [0.1, 0.15) is 0 Å². The van der Waals surface area contributed by atoms with Crippen molar-refractivity contribution in [2.75, 3.05) is 0 Å². The molecule has 1 fully saturated rings. The number of hydrogen-bond acceptors (Lipinski definition) is 4. The van der Waals surface area contributed by atoms with E-state index in [1.54, 1.807) is 34.3 Å². The Labute approximate surface area is 177 Å². The summed E-state index contributed by atoms with van der Waals surface area (Å²) in [5, 5.41) is 11.6. The third kappa shape index (κ3) is 3.95. The summed E-state index contributed by atoms with van der Waals surface area (Å²) in [4.78, 5) is 17.4. The molecule has 0 saturated heterocycles. The quantitative estimate of drug-likeness (QED) is 0.551. The normalized spacial score (nSPS) is 13.9. The van der Waals surface area contributed by atoms with E-state index in [1.165, 1.54) is 0 Å². The minimum Gasteiger partial charge on any atom is -0.346 e. The molecule has 0 unspecified atom stereocenters. The summed E-state index contributed by atoms with van der Waals surface area (Å²) in [5.74, 6) is 0.567. The molecule has 0 radical (unpaired) electrons. The highest BCUT2D eigenvalue weighted by molar-refractivity contribution is 7.09. The fourth-order valence-corrected chi connectivity index (χ4v) is 4.39. The van der Waals surface area contributed by atoms with Crippen LogP contribution in [0.5, 0.6) is 0 Å². The van der Waals surface area contributed by atoms with Gasteiger partial charge in [0.25, 0.3) is 5.91 Å². The van der Waals surface area contributed by atoms with Gasteiger partial charge >= 0.3 is 0 Å². The number of amides is 1. The second kappa shape index (κ2) is 7.85. The first-order chi connectivity index (χ1) is 13.4. The summed E-state index contributed by atoms with van der Waals surface area (Å²) in [6.07, 6.45) is 3.70. The molecule has 4 rings (SSSR count). The zero-order valence-corrected chi connectivity index (χ0v) is 17.9. The topological polar surface area (TPSA) is 59.8 Å². The van der Waals surface area contributed by atoms with Crippen molar-refractivity contribution in [1.29, 1.82) is 0 Å². The van der Waals surface area contributed by atoms with Crippen molar-refractivity contribution in [3.8, 4) is 5.69 Å². The standard InChI is InChI=1S/C20H20Cl2N4OS/c1-11(2)20-25-14(10-28-20)8-23-19(27)15-9-24-26(18(15)12-3-4-12)17-6-5-13(21)7-16(17)22/h5-7,9-12H,3-4,8H2,1-2H3,(H,23,27). The van der Waals surface area contributed by atoms with E-state index in [4.69, 9.17) is 23.2 Å². The molecule has 5 nitrogen and oxygen atoms in total. The minimum absolute atomic E-state index is 0.141. The lowest BCUT2D eigenvalue weighted by molar-refractivity contribution is 0.0949. The molecule has 28 heavy (non-hydrogen) atoms. The summed E-state index contributed by atoms with van der Waals surface area (Å²) < 4.78 is 1.77. The van der Waals surface area contributed by atoms with Crippen molar-refractivity contribution < 1.29 is 4.79 Å². The van der Waals surface area contributed by atoms with E-state index in [9.17, 15) is 4.79 Å². The van der Waals surface area contributed by atoms with Gasteiger partial charge in [-0.3, -0.25) is 4.79 Å². The molecule has 0 spiro atoms. The molecule has 0 atom stereocenters. The fraction of sp³-hybridized carbons (Fsp3) is 0.350. The van der Waals surface area contributed by atoms with Crippen LogP contribution in [0, 0.1) is 0 Å². The van der Waals surface area contributed by atoms with Crippen LogP contribution in [0.15, 0.2) is 29.8 Å². The van der Waals surface area contributed by atoms with Crippen molar-refractivity contribution in [2.45, 2.75) is 45.1 Å². The van der Waals surface area contributed by atoms with E-state index < -0.39 is 0 Å². The molecule has 1 aliphatic carbocycles. The fourth-order valence-electron chi connectivity index (χ4n) is 3.06. The first-order valence-corrected chi connectivity index (χ1v) is 10.8. The molecule has 0 bridgehead atoms. The maximum Gasteiger partial charge on any atom is 0.255 e. The van der Waals surface area contributed by atoms with Crippen molar-refractivity contribution in [3.63, 3.8) is 0 Å². The van der Waals surface area contributed by atoms with E-state index in [2.05, 4.69) is 29.2 Å². The Morgan fingerprint density at radius 2 is 2.14 bits per heavy atom. The van der Waals surface area contributed by atoms with Crippen molar-refractivity contribution in [3.05, 3.63) is 61.8 Å². The van der Waals surface area contributed by atoms with Gasteiger partial charge in [-0.05, 0) is 31.0 Å². The number of benzene rings is 1. The highest BCUT2D eigenvalue weighted by atomic mass is 35.5. The molecule has 2 aromatic heterocycles. The van der Waals surface area contributed by atoms with Crippen molar-refractivity contribution in [2.24, 2.45) is 0 Å². The van der Waals surface area contributed by atoms with Crippen LogP contribution in [0.4, 0.5) is 0 Å². The molecule has 2 heterocycles. The lowest BCUT2D eigenvalue weighted by Crippen LogP contribution is -2.24. The summed E-state index contributed by atoms with van der Waals surface area (Å²) in [6, 6.07) is 5.29. The Bertz CT molecular complexity index is 1020. The van der Waals surface area contributed by atoms with Gasteiger partial charge in [0.2, 0.25) is 0 Å². The number of carbonyl (C=O) groups is 1. The van der Waals surface area contributed by atoms with E-state index in [0.717, 1.165) is 34.9 Å². The zero-order valence-electron chi connectivity index (χ0n) is 15.6. The van der Waals surface area contributed by atoms with Gasteiger partial charge in [-0.1, -0.05) is 37.0 Å². The molecule has 146 valence electrons. The third-order valence-corrected chi connectivity index (χ3v) is 6.38. The second-order valence-corrected chi connectivity index (χ2v) is 8.97. The van der Waals surface area contributed by atoms with Gasteiger partial charge in [-0.25, -0.2) is 9.67 Å².